The van der Waals surface area contributed by atoms with Crippen molar-refractivity contribution >= 4 is 17.6 Å². The molecule has 0 atom stereocenters. The number of hydrogen-bond donors (Lipinski definition) is 0. The van der Waals surface area contributed by atoms with Crippen LogP contribution in [0.1, 0.15) is 6.42 Å². The average Bonchev–Trinajstić information content (AvgIpc) is 1.83. The summed E-state index contributed by atoms with van der Waals surface area (Å²) in [6, 6.07) is 0. The average molecular weight is 125 g/mol. The van der Waals surface area contributed by atoms with E-state index < -0.39 is 0 Å². The lowest BCUT2D eigenvalue weighted by molar-refractivity contribution is 1.23. The van der Waals surface area contributed by atoms with Crippen molar-refractivity contribution in [2.24, 2.45) is 0 Å². The standard InChI is InChI=1S/C7H9S/c1-3-5-7(4-2)6-8/h3-4,6H,1-2,5H2. The van der Waals surface area contributed by atoms with Gasteiger partial charge in [0.05, 0.1) is 0 Å². The molecule has 0 bridgehead atoms. The lowest BCUT2D eigenvalue weighted by Gasteiger charge is -1.95. The van der Waals surface area contributed by atoms with E-state index in [4.69, 9.17) is 0 Å². The van der Waals surface area contributed by atoms with Crippen molar-refractivity contribution in [1.82, 2.24) is 0 Å². The van der Waals surface area contributed by atoms with Gasteiger partial charge in [-0.05, 0) is 11.8 Å². The van der Waals surface area contributed by atoms with Crippen LogP contribution in [-0.4, -0.2) is 5.37 Å². The maximum atomic E-state index is 4.66. The van der Waals surface area contributed by atoms with Crippen molar-refractivity contribution in [2.75, 3.05) is 0 Å². The summed E-state index contributed by atoms with van der Waals surface area (Å²) in [7, 11) is 0. The highest BCUT2D eigenvalue weighted by Gasteiger charge is 1.93. The normalized spacial score (nSPS) is 8.62. The second-order valence-corrected chi connectivity index (χ2v) is 1.63. The van der Waals surface area contributed by atoms with Crippen LogP contribution >= 0.6 is 12.2 Å². The van der Waals surface area contributed by atoms with E-state index in [0.29, 0.717) is 0 Å². The first-order valence-corrected chi connectivity index (χ1v) is 2.86. The van der Waals surface area contributed by atoms with Crippen molar-refractivity contribution in [3.63, 3.8) is 0 Å². The predicted octanol–water partition coefficient (Wildman–Crippen LogP) is 2.32. The monoisotopic (exact) mass is 125 g/mol. The Balaban J connectivity index is 3.50. The zero-order valence-corrected chi connectivity index (χ0v) is 5.58. The largest absolute Gasteiger partial charge is 0.103 e. The second kappa shape index (κ2) is 4.72. The van der Waals surface area contributed by atoms with Gasteiger partial charge in [-0.2, -0.15) is 0 Å². The van der Waals surface area contributed by atoms with Gasteiger partial charge >= 0.3 is 0 Å². The molecule has 1 heteroatoms. The van der Waals surface area contributed by atoms with Crippen LogP contribution in [0, 0.1) is 5.92 Å². The molecule has 0 amide bonds. The van der Waals surface area contributed by atoms with E-state index >= 15 is 0 Å². The van der Waals surface area contributed by atoms with Gasteiger partial charge in [-0.25, -0.2) is 0 Å². The van der Waals surface area contributed by atoms with Gasteiger partial charge in [0.2, 0.25) is 0 Å². The van der Waals surface area contributed by atoms with Gasteiger partial charge in [0.1, 0.15) is 0 Å². The van der Waals surface area contributed by atoms with E-state index in [1.54, 1.807) is 17.5 Å². The molecule has 0 spiro atoms. The summed E-state index contributed by atoms with van der Waals surface area (Å²) >= 11 is 4.66. The molecule has 0 fully saturated rings. The Bertz CT molecular complexity index is 86.6. The molecule has 43 valence electrons. The van der Waals surface area contributed by atoms with E-state index in [-0.39, 0.29) is 0 Å². The molecule has 8 heavy (non-hydrogen) atoms. The Morgan fingerprint density at radius 3 is 2.25 bits per heavy atom. The van der Waals surface area contributed by atoms with Crippen LogP contribution < -0.4 is 0 Å². The Morgan fingerprint density at radius 1 is 1.50 bits per heavy atom. The van der Waals surface area contributed by atoms with Crippen molar-refractivity contribution in [3.8, 4) is 0 Å². The SMILES string of the molecule is C=CC[C](C=C)C=S. The lowest BCUT2D eigenvalue weighted by atomic mass is 10.1. The van der Waals surface area contributed by atoms with Crippen molar-refractivity contribution in [3.05, 3.63) is 31.2 Å². The molecule has 0 heterocycles. The van der Waals surface area contributed by atoms with E-state index in [1.807, 2.05) is 0 Å². The molecule has 0 nitrogen and oxygen atoms in total. The van der Waals surface area contributed by atoms with E-state index in [1.165, 1.54) is 0 Å². The number of hydrogen-bond acceptors (Lipinski definition) is 1. The minimum absolute atomic E-state index is 0.826. The number of thiocarbonyl (C=S) groups is 1. The van der Waals surface area contributed by atoms with E-state index in [0.717, 1.165) is 12.3 Å². The first-order valence-electron chi connectivity index (χ1n) is 2.39. The van der Waals surface area contributed by atoms with Crippen molar-refractivity contribution in [2.45, 2.75) is 6.42 Å². The fourth-order valence-corrected chi connectivity index (χ4v) is 0.539. The Morgan fingerprint density at radius 2 is 2.12 bits per heavy atom. The number of rotatable bonds is 4. The molecule has 0 unspecified atom stereocenters. The molecule has 0 saturated heterocycles. The lowest BCUT2D eigenvalue weighted by Crippen LogP contribution is -1.88. The Labute approximate surface area is 55.9 Å². The minimum atomic E-state index is 0.826. The third-order valence-electron chi connectivity index (χ3n) is 0.794. The van der Waals surface area contributed by atoms with Gasteiger partial charge in [0, 0.05) is 5.92 Å². The third-order valence-corrected chi connectivity index (χ3v) is 1.10. The molecule has 0 aromatic rings. The minimum Gasteiger partial charge on any atom is -0.103 e. The van der Waals surface area contributed by atoms with Crippen molar-refractivity contribution < 1.29 is 0 Å². The molecule has 0 saturated carbocycles. The molecule has 0 N–H and O–H groups in total. The summed E-state index contributed by atoms with van der Waals surface area (Å²) in [5.74, 6) is 1.05. The van der Waals surface area contributed by atoms with Crippen LogP contribution in [0.3, 0.4) is 0 Å². The Kier molecular flexibility index (Phi) is 4.47. The van der Waals surface area contributed by atoms with E-state index in [9.17, 15) is 0 Å². The van der Waals surface area contributed by atoms with Gasteiger partial charge in [-0.3, -0.25) is 0 Å². The summed E-state index contributed by atoms with van der Waals surface area (Å²) in [5, 5.41) is 1.62. The van der Waals surface area contributed by atoms with Crippen LogP contribution in [0.5, 0.6) is 0 Å². The number of allylic oxidation sites excluding steroid dienone is 2. The first kappa shape index (κ1) is 7.57. The summed E-state index contributed by atoms with van der Waals surface area (Å²) in [6.07, 6.45) is 4.38. The Hall–Kier alpha value is -0.430. The summed E-state index contributed by atoms with van der Waals surface area (Å²) in [4.78, 5) is 0. The van der Waals surface area contributed by atoms with E-state index in [2.05, 4.69) is 25.4 Å². The van der Waals surface area contributed by atoms with Crippen LogP contribution in [0.15, 0.2) is 25.3 Å². The van der Waals surface area contributed by atoms with Gasteiger partial charge in [-0.15, -0.1) is 13.2 Å². The molecular weight excluding hydrogens is 116 g/mol. The zero-order chi connectivity index (χ0) is 6.41. The van der Waals surface area contributed by atoms with Gasteiger partial charge in [-0.1, -0.05) is 24.4 Å². The molecule has 0 rings (SSSR count). The summed E-state index contributed by atoms with van der Waals surface area (Å²) < 4.78 is 0. The predicted molar refractivity (Wildman–Crippen MR) is 41.9 cm³/mol. The maximum absolute atomic E-state index is 4.66. The van der Waals surface area contributed by atoms with Crippen LogP contribution in [0.25, 0.3) is 0 Å². The van der Waals surface area contributed by atoms with Crippen LogP contribution in [-0.2, 0) is 0 Å². The highest BCUT2D eigenvalue weighted by Crippen LogP contribution is 2.03. The topological polar surface area (TPSA) is 0 Å². The zero-order valence-electron chi connectivity index (χ0n) is 4.76. The quantitative estimate of drug-likeness (QED) is 0.410. The highest BCUT2D eigenvalue weighted by atomic mass is 32.1. The van der Waals surface area contributed by atoms with Gasteiger partial charge < -0.3 is 0 Å². The molecule has 0 aliphatic rings. The fraction of sp³-hybridized carbons (Fsp3) is 0.143. The van der Waals surface area contributed by atoms with Crippen LogP contribution in [0.4, 0.5) is 0 Å². The molecular formula is C7H9S. The third kappa shape index (κ3) is 2.69. The fourth-order valence-electron chi connectivity index (χ4n) is 0.346. The molecule has 0 aromatic heterocycles. The molecule has 0 aromatic carbocycles. The maximum Gasteiger partial charge on any atom is 0.0334 e. The highest BCUT2D eigenvalue weighted by molar-refractivity contribution is 7.79. The first-order chi connectivity index (χ1) is 3.85. The molecule has 1 radical (unpaired) electrons. The second-order valence-electron chi connectivity index (χ2n) is 1.39. The smallest absolute Gasteiger partial charge is 0.0334 e. The van der Waals surface area contributed by atoms with Crippen LogP contribution in [0.2, 0.25) is 0 Å². The molecule has 0 aliphatic carbocycles. The molecule has 0 aliphatic heterocycles. The van der Waals surface area contributed by atoms with Crippen molar-refractivity contribution in [1.29, 1.82) is 0 Å². The van der Waals surface area contributed by atoms with Gasteiger partial charge in [0.25, 0.3) is 0 Å². The summed E-state index contributed by atoms with van der Waals surface area (Å²) in [5.41, 5.74) is 0. The summed E-state index contributed by atoms with van der Waals surface area (Å²) in [6.45, 7) is 7.13. The van der Waals surface area contributed by atoms with Gasteiger partial charge in [0.15, 0.2) is 0 Å².